The first-order valence-electron chi connectivity index (χ1n) is 9.61. The Morgan fingerprint density at radius 1 is 1.34 bits per heavy atom. The molecule has 0 bridgehead atoms. The molecule has 1 aromatic carbocycles. The van der Waals surface area contributed by atoms with Gasteiger partial charge in [-0.1, -0.05) is 31.9 Å². The van der Waals surface area contributed by atoms with Crippen LogP contribution in [0.3, 0.4) is 0 Å². The van der Waals surface area contributed by atoms with Crippen LogP contribution in [-0.2, 0) is 10.0 Å². The highest BCUT2D eigenvalue weighted by molar-refractivity contribution is 7.89. The molecule has 1 fully saturated rings. The molecule has 29 heavy (non-hydrogen) atoms. The number of benzene rings is 1. The number of unbranched alkanes of at least 4 members (excludes halogenated alkanes) is 1. The summed E-state index contributed by atoms with van der Waals surface area (Å²) in [7, 11) is -3.95. The zero-order chi connectivity index (χ0) is 21.8. The van der Waals surface area contributed by atoms with Gasteiger partial charge >= 0.3 is 6.18 Å². The number of amides is 1. The number of piperidine rings is 1. The fraction of sp³-hybridized carbons (Fsp3) is 0.632. The Morgan fingerprint density at radius 3 is 2.62 bits per heavy atom. The number of rotatable bonds is 7. The zero-order valence-electron chi connectivity index (χ0n) is 16.5. The highest BCUT2D eigenvalue weighted by Crippen LogP contribution is 2.30. The number of halogens is 4. The molecule has 5 nitrogen and oxygen atoms in total. The van der Waals surface area contributed by atoms with Gasteiger partial charge < -0.3 is 4.90 Å². The minimum absolute atomic E-state index is 0.0595. The minimum Gasteiger partial charge on any atom is -0.330 e. The van der Waals surface area contributed by atoms with Crippen molar-refractivity contribution in [2.75, 3.05) is 26.2 Å². The molecule has 0 saturated carbocycles. The van der Waals surface area contributed by atoms with Gasteiger partial charge in [0.25, 0.3) is 5.91 Å². The second-order valence-electron chi connectivity index (χ2n) is 7.45. The summed E-state index contributed by atoms with van der Waals surface area (Å²) in [5.74, 6) is -0.672. The summed E-state index contributed by atoms with van der Waals surface area (Å²) < 4.78 is 66.1. The van der Waals surface area contributed by atoms with Gasteiger partial charge in [-0.2, -0.15) is 17.5 Å². The number of hydrogen-bond acceptors (Lipinski definition) is 3. The van der Waals surface area contributed by atoms with Crippen molar-refractivity contribution in [3.8, 4) is 0 Å². The Labute approximate surface area is 174 Å². The molecule has 0 spiro atoms. The zero-order valence-corrected chi connectivity index (χ0v) is 18.1. The Kier molecular flexibility index (Phi) is 7.98. The van der Waals surface area contributed by atoms with E-state index in [0.29, 0.717) is 37.3 Å². The van der Waals surface area contributed by atoms with Crippen LogP contribution in [0, 0.1) is 5.92 Å². The number of alkyl halides is 3. The maximum atomic E-state index is 13.0. The molecule has 1 aromatic rings. The molecule has 1 aliphatic heterocycles. The summed E-state index contributed by atoms with van der Waals surface area (Å²) in [5.41, 5.74) is -0.126. The predicted octanol–water partition coefficient (Wildman–Crippen LogP) is 4.57. The molecule has 1 aliphatic rings. The van der Waals surface area contributed by atoms with Crippen LogP contribution in [0.25, 0.3) is 0 Å². The summed E-state index contributed by atoms with van der Waals surface area (Å²) in [4.78, 5) is 13.2. The van der Waals surface area contributed by atoms with Crippen LogP contribution in [0.15, 0.2) is 23.1 Å². The molecule has 0 aliphatic carbocycles. The van der Waals surface area contributed by atoms with E-state index in [1.54, 1.807) is 0 Å². The molecular formula is C19H26ClF3N2O3S. The van der Waals surface area contributed by atoms with E-state index in [9.17, 15) is 26.4 Å². The normalized spacial score (nSPS) is 18.6. The molecule has 1 amide bonds. The smallest absolute Gasteiger partial charge is 0.330 e. The summed E-state index contributed by atoms with van der Waals surface area (Å²) >= 11 is 6.10. The van der Waals surface area contributed by atoms with E-state index in [-0.39, 0.29) is 27.9 Å². The summed E-state index contributed by atoms with van der Waals surface area (Å²) in [6, 6.07) is 3.60. The van der Waals surface area contributed by atoms with Crippen molar-refractivity contribution in [2.45, 2.75) is 50.6 Å². The van der Waals surface area contributed by atoms with Crippen LogP contribution in [0.1, 0.15) is 49.9 Å². The van der Waals surface area contributed by atoms with Gasteiger partial charge in [-0.15, -0.1) is 0 Å². The highest BCUT2D eigenvalue weighted by Gasteiger charge is 2.34. The maximum Gasteiger partial charge on any atom is 0.406 e. The third kappa shape index (κ3) is 6.33. The van der Waals surface area contributed by atoms with Gasteiger partial charge in [0.1, 0.15) is 11.4 Å². The van der Waals surface area contributed by atoms with Crippen LogP contribution < -0.4 is 0 Å². The molecule has 1 unspecified atom stereocenters. The van der Waals surface area contributed by atoms with Crippen molar-refractivity contribution in [1.82, 2.24) is 9.21 Å². The fourth-order valence-corrected chi connectivity index (χ4v) is 5.44. The van der Waals surface area contributed by atoms with E-state index in [1.807, 2.05) is 13.8 Å². The first-order valence-corrected chi connectivity index (χ1v) is 11.4. The van der Waals surface area contributed by atoms with Crippen LogP contribution in [-0.4, -0.2) is 55.9 Å². The fourth-order valence-electron chi connectivity index (χ4n) is 3.34. The molecule has 10 heteroatoms. The van der Waals surface area contributed by atoms with Crippen molar-refractivity contribution in [2.24, 2.45) is 5.92 Å². The molecule has 1 atom stereocenters. The van der Waals surface area contributed by atoms with E-state index < -0.39 is 28.7 Å². The number of hydrogen-bond donors (Lipinski definition) is 0. The van der Waals surface area contributed by atoms with Gasteiger partial charge in [-0.25, -0.2) is 8.42 Å². The average molecular weight is 455 g/mol. The minimum atomic E-state index is -4.55. The predicted molar refractivity (Wildman–Crippen MR) is 105 cm³/mol. The second-order valence-corrected chi connectivity index (χ2v) is 9.76. The van der Waals surface area contributed by atoms with Crippen molar-refractivity contribution in [1.29, 1.82) is 0 Å². The molecule has 164 valence electrons. The van der Waals surface area contributed by atoms with Crippen LogP contribution in [0.5, 0.6) is 0 Å². The number of sulfonamides is 1. The Bertz CT molecular complexity index is 830. The van der Waals surface area contributed by atoms with E-state index in [4.69, 9.17) is 11.6 Å². The molecule has 0 aromatic heterocycles. The molecule has 1 saturated heterocycles. The van der Waals surface area contributed by atoms with Crippen LogP contribution >= 0.6 is 11.6 Å². The Hall–Kier alpha value is -1.32. The monoisotopic (exact) mass is 454 g/mol. The van der Waals surface area contributed by atoms with Gasteiger partial charge in [0, 0.05) is 25.2 Å². The molecule has 0 N–H and O–H groups in total. The van der Waals surface area contributed by atoms with E-state index in [0.717, 1.165) is 12.5 Å². The lowest BCUT2D eigenvalue weighted by molar-refractivity contribution is -0.140. The van der Waals surface area contributed by atoms with E-state index in [1.165, 1.54) is 16.4 Å². The third-order valence-corrected chi connectivity index (χ3v) is 7.20. The number of carbonyl (C=O) groups excluding carboxylic acids is 1. The third-order valence-electron chi connectivity index (χ3n) is 4.85. The second kappa shape index (κ2) is 9.66. The summed E-state index contributed by atoms with van der Waals surface area (Å²) in [6.45, 7) is 2.99. The lowest BCUT2D eigenvalue weighted by atomic mass is 10.0. The number of nitrogens with zero attached hydrogens (tertiary/aromatic N) is 2. The van der Waals surface area contributed by atoms with Gasteiger partial charge in [0.05, 0.1) is 5.02 Å². The van der Waals surface area contributed by atoms with Gasteiger partial charge in [0.2, 0.25) is 10.0 Å². The number of carbonyl (C=O) groups is 1. The largest absolute Gasteiger partial charge is 0.406 e. The van der Waals surface area contributed by atoms with Gasteiger partial charge in [-0.3, -0.25) is 4.79 Å². The van der Waals surface area contributed by atoms with Crippen molar-refractivity contribution >= 4 is 27.5 Å². The SMILES string of the molecule is CCCCN(CC(F)(F)F)C(=O)c1ccc(Cl)c(S(=O)(=O)N2CCCC(C)C2)c1. The topological polar surface area (TPSA) is 57.7 Å². The van der Waals surface area contributed by atoms with Crippen molar-refractivity contribution < 1.29 is 26.4 Å². The molecule has 0 radical (unpaired) electrons. The Balaban J connectivity index is 2.36. The van der Waals surface area contributed by atoms with Gasteiger partial charge in [-0.05, 0) is 43.4 Å². The van der Waals surface area contributed by atoms with Crippen LogP contribution in [0.4, 0.5) is 13.2 Å². The lowest BCUT2D eigenvalue weighted by Crippen LogP contribution is -2.40. The van der Waals surface area contributed by atoms with Crippen LogP contribution in [0.2, 0.25) is 5.02 Å². The summed E-state index contributed by atoms with van der Waals surface area (Å²) in [6.07, 6.45) is -1.88. The highest BCUT2D eigenvalue weighted by atomic mass is 35.5. The molecule has 2 rings (SSSR count). The summed E-state index contributed by atoms with van der Waals surface area (Å²) in [5, 5.41) is -0.0595. The average Bonchev–Trinajstić information content (AvgIpc) is 2.64. The lowest BCUT2D eigenvalue weighted by Gasteiger charge is -2.30. The Morgan fingerprint density at radius 2 is 2.03 bits per heavy atom. The van der Waals surface area contributed by atoms with E-state index >= 15 is 0 Å². The first-order chi connectivity index (χ1) is 13.5. The maximum absolute atomic E-state index is 13.0. The molecule has 1 heterocycles. The van der Waals surface area contributed by atoms with Gasteiger partial charge in [0.15, 0.2) is 0 Å². The van der Waals surface area contributed by atoms with E-state index in [2.05, 4.69) is 0 Å². The quantitative estimate of drug-likeness (QED) is 0.606. The van der Waals surface area contributed by atoms with Crippen molar-refractivity contribution in [3.63, 3.8) is 0 Å². The standard InChI is InChI=1S/C19H26ClF3N2O3S/c1-3-4-9-24(13-19(21,22)23)18(26)15-7-8-16(20)17(11-15)29(27,28)25-10-5-6-14(2)12-25/h7-8,11,14H,3-6,9-10,12-13H2,1-2H3. The molecular weight excluding hydrogens is 429 g/mol. The first kappa shape index (κ1) is 24.0. The van der Waals surface area contributed by atoms with Crippen molar-refractivity contribution in [3.05, 3.63) is 28.8 Å².